The zero-order chi connectivity index (χ0) is 15.2. The molecule has 1 radical (unpaired) electrons. The van der Waals surface area contributed by atoms with Crippen LogP contribution >= 0.6 is 0 Å². The van der Waals surface area contributed by atoms with E-state index in [2.05, 4.69) is 71.9 Å². The monoisotopic (exact) mass is 269 g/mol. The van der Waals surface area contributed by atoms with Crippen molar-refractivity contribution in [3.8, 4) is 0 Å². The molecule has 0 nitrogen and oxygen atoms in total. The maximum absolute atomic E-state index is 3.75. The van der Waals surface area contributed by atoms with Gasteiger partial charge >= 0.3 is 0 Å². The van der Waals surface area contributed by atoms with Crippen molar-refractivity contribution in [2.75, 3.05) is 0 Å². The fraction of sp³-hybridized carbons (Fsp3) is 0.450. The predicted octanol–water partition coefficient (Wildman–Crippen LogP) is 6.35. The molecule has 0 aromatic rings. The Kier molecular flexibility index (Phi) is 6.26. The van der Waals surface area contributed by atoms with Crippen LogP contribution in [0.25, 0.3) is 0 Å². The standard InChI is InChI=1S/C20H29/c1-7-16(2)10-8-11-17(3)13-14-19-18(4)12-9-15-20(19,5)6/h7-8,10-11,13-14H,1,9,12,15H2,2-6H3/b10-8-,14-13?,16-7?,17-11?. The van der Waals surface area contributed by atoms with Crippen LogP contribution in [0, 0.1) is 12.3 Å². The quantitative estimate of drug-likeness (QED) is 0.521. The van der Waals surface area contributed by atoms with Crippen LogP contribution in [0.5, 0.6) is 0 Å². The van der Waals surface area contributed by atoms with Gasteiger partial charge in [-0.1, -0.05) is 67.0 Å². The van der Waals surface area contributed by atoms with E-state index >= 15 is 0 Å². The highest BCUT2D eigenvalue weighted by Gasteiger charge is 2.26. The topological polar surface area (TPSA) is 0 Å². The van der Waals surface area contributed by atoms with Gasteiger partial charge in [-0.2, -0.15) is 0 Å². The molecular formula is C20H29. The van der Waals surface area contributed by atoms with Gasteiger partial charge in [0.2, 0.25) is 0 Å². The van der Waals surface area contributed by atoms with Crippen LogP contribution in [0.2, 0.25) is 0 Å². The van der Waals surface area contributed by atoms with Gasteiger partial charge in [-0.05, 0) is 57.9 Å². The van der Waals surface area contributed by atoms with E-state index in [-0.39, 0.29) is 0 Å². The van der Waals surface area contributed by atoms with Gasteiger partial charge in [0.15, 0.2) is 0 Å². The van der Waals surface area contributed by atoms with Crippen LogP contribution < -0.4 is 0 Å². The average Bonchev–Trinajstić information content (AvgIpc) is 2.37. The summed E-state index contributed by atoms with van der Waals surface area (Å²) in [4.78, 5) is 0. The van der Waals surface area contributed by atoms with Crippen molar-refractivity contribution in [1.29, 1.82) is 0 Å². The Morgan fingerprint density at radius 1 is 1.15 bits per heavy atom. The minimum atomic E-state index is 0.322. The van der Waals surface area contributed by atoms with Crippen LogP contribution in [0.3, 0.4) is 0 Å². The SMILES string of the molecule is [CH2]C=C(C)/C=C\C=C(C)C=CC1=C(C)CCCC1(C)C. The predicted molar refractivity (Wildman–Crippen MR) is 91.5 cm³/mol. The van der Waals surface area contributed by atoms with E-state index in [1.54, 1.807) is 5.57 Å². The zero-order valence-corrected chi connectivity index (χ0v) is 13.8. The summed E-state index contributed by atoms with van der Waals surface area (Å²) in [6.07, 6.45) is 16.6. The Balaban J connectivity index is 2.81. The molecule has 0 heteroatoms. The normalized spacial score (nSPS) is 21.3. The van der Waals surface area contributed by atoms with Crippen LogP contribution in [0.1, 0.15) is 53.9 Å². The smallest absolute Gasteiger partial charge is 0.0104 e. The largest absolute Gasteiger partial charge is 0.0813 e. The van der Waals surface area contributed by atoms with Crippen molar-refractivity contribution < 1.29 is 0 Å². The molecular weight excluding hydrogens is 240 g/mol. The zero-order valence-electron chi connectivity index (χ0n) is 13.8. The summed E-state index contributed by atoms with van der Waals surface area (Å²) >= 11 is 0. The summed E-state index contributed by atoms with van der Waals surface area (Å²) in [5, 5.41) is 0. The third kappa shape index (κ3) is 5.00. The average molecular weight is 269 g/mol. The summed E-state index contributed by atoms with van der Waals surface area (Å²) in [6, 6.07) is 0. The Morgan fingerprint density at radius 2 is 1.85 bits per heavy atom. The van der Waals surface area contributed by atoms with E-state index in [0.717, 1.165) is 0 Å². The molecule has 0 saturated heterocycles. The summed E-state index contributed by atoms with van der Waals surface area (Å²) < 4.78 is 0. The van der Waals surface area contributed by atoms with E-state index in [1.165, 1.54) is 36.0 Å². The lowest BCUT2D eigenvalue weighted by atomic mass is 9.72. The molecule has 109 valence electrons. The number of hydrogen-bond donors (Lipinski definition) is 0. The second-order valence-electron chi connectivity index (χ2n) is 6.48. The second-order valence-corrected chi connectivity index (χ2v) is 6.48. The van der Waals surface area contributed by atoms with E-state index in [4.69, 9.17) is 0 Å². The minimum absolute atomic E-state index is 0.322. The molecule has 1 rings (SSSR count). The maximum Gasteiger partial charge on any atom is -0.0104 e. The molecule has 0 bridgehead atoms. The molecule has 0 aromatic carbocycles. The first-order valence-electron chi connectivity index (χ1n) is 7.56. The molecule has 0 unspecified atom stereocenters. The van der Waals surface area contributed by atoms with Crippen molar-refractivity contribution in [3.05, 3.63) is 65.7 Å². The molecule has 0 fully saturated rings. The van der Waals surface area contributed by atoms with Gasteiger partial charge in [0.05, 0.1) is 0 Å². The first kappa shape index (κ1) is 16.8. The number of hydrogen-bond acceptors (Lipinski definition) is 0. The lowest BCUT2D eigenvalue weighted by Crippen LogP contribution is -2.19. The van der Waals surface area contributed by atoms with Crippen molar-refractivity contribution in [3.63, 3.8) is 0 Å². The van der Waals surface area contributed by atoms with Crippen molar-refractivity contribution >= 4 is 0 Å². The van der Waals surface area contributed by atoms with Crippen LogP contribution in [-0.2, 0) is 0 Å². The lowest BCUT2D eigenvalue weighted by molar-refractivity contribution is 0.377. The molecule has 0 amide bonds. The second kappa shape index (κ2) is 7.47. The Labute approximate surface area is 125 Å². The molecule has 0 N–H and O–H groups in total. The van der Waals surface area contributed by atoms with Crippen molar-refractivity contribution in [2.24, 2.45) is 5.41 Å². The Hall–Kier alpha value is -1.30. The molecule has 0 saturated carbocycles. The van der Waals surface area contributed by atoms with E-state index in [0.29, 0.717) is 5.41 Å². The Morgan fingerprint density at radius 3 is 2.45 bits per heavy atom. The highest BCUT2D eigenvalue weighted by atomic mass is 14.3. The van der Waals surface area contributed by atoms with Gasteiger partial charge in [-0.3, -0.25) is 0 Å². The summed E-state index contributed by atoms with van der Waals surface area (Å²) in [5.41, 5.74) is 5.86. The Bertz CT molecular complexity index is 476. The van der Waals surface area contributed by atoms with Crippen LogP contribution in [0.4, 0.5) is 0 Å². The van der Waals surface area contributed by atoms with Gasteiger partial charge in [0.1, 0.15) is 0 Å². The molecule has 0 aromatic heterocycles. The van der Waals surface area contributed by atoms with Gasteiger partial charge in [-0.15, -0.1) is 0 Å². The van der Waals surface area contributed by atoms with Crippen molar-refractivity contribution in [2.45, 2.75) is 53.9 Å². The molecule has 0 aliphatic heterocycles. The van der Waals surface area contributed by atoms with Crippen LogP contribution in [-0.4, -0.2) is 0 Å². The van der Waals surface area contributed by atoms with Crippen LogP contribution in [0.15, 0.2) is 58.7 Å². The summed E-state index contributed by atoms with van der Waals surface area (Å²) in [6.45, 7) is 15.0. The molecule has 1 aliphatic carbocycles. The van der Waals surface area contributed by atoms with Gasteiger partial charge in [0, 0.05) is 0 Å². The van der Waals surface area contributed by atoms with E-state index in [1.807, 2.05) is 6.08 Å². The van der Waals surface area contributed by atoms with E-state index in [9.17, 15) is 0 Å². The summed E-state index contributed by atoms with van der Waals surface area (Å²) in [5.74, 6) is 0. The minimum Gasteiger partial charge on any atom is -0.0813 e. The van der Waals surface area contributed by atoms with E-state index < -0.39 is 0 Å². The summed E-state index contributed by atoms with van der Waals surface area (Å²) in [7, 11) is 0. The van der Waals surface area contributed by atoms with Gasteiger partial charge < -0.3 is 0 Å². The first-order chi connectivity index (χ1) is 9.36. The van der Waals surface area contributed by atoms with Gasteiger partial charge in [0.25, 0.3) is 0 Å². The third-order valence-corrected chi connectivity index (χ3v) is 4.10. The molecule has 0 atom stereocenters. The number of allylic oxidation sites excluding steroid dienone is 10. The maximum atomic E-state index is 3.75. The lowest BCUT2D eigenvalue weighted by Gasteiger charge is -2.32. The highest BCUT2D eigenvalue weighted by molar-refractivity contribution is 5.37. The third-order valence-electron chi connectivity index (χ3n) is 4.10. The fourth-order valence-corrected chi connectivity index (χ4v) is 2.70. The highest BCUT2D eigenvalue weighted by Crippen LogP contribution is 2.40. The van der Waals surface area contributed by atoms with Gasteiger partial charge in [-0.25, -0.2) is 0 Å². The fourth-order valence-electron chi connectivity index (χ4n) is 2.70. The number of rotatable bonds is 4. The molecule has 20 heavy (non-hydrogen) atoms. The van der Waals surface area contributed by atoms with Crippen molar-refractivity contribution in [1.82, 2.24) is 0 Å². The molecule has 0 heterocycles. The molecule has 0 spiro atoms. The molecule has 1 aliphatic rings. The first-order valence-corrected chi connectivity index (χ1v) is 7.56.